The Morgan fingerprint density at radius 1 is 1.16 bits per heavy atom. The van der Waals surface area contributed by atoms with Crippen molar-refractivity contribution in [2.45, 2.75) is 65.0 Å². The van der Waals surface area contributed by atoms with Gasteiger partial charge in [0.15, 0.2) is 6.10 Å². The molecule has 2 atom stereocenters. The molecule has 0 aromatic heterocycles. The molecule has 2 amide bonds. The summed E-state index contributed by atoms with van der Waals surface area (Å²) in [5.41, 5.74) is 4.60. The zero-order valence-electron chi connectivity index (χ0n) is 19.4. The van der Waals surface area contributed by atoms with Gasteiger partial charge < -0.3 is 15.0 Å². The van der Waals surface area contributed by atoms with Gasteiger partial charge in [-0.25, -0.2) is 0 Å². The summed E-state index contributed by atoms with van der Waals surface area (Å²) in [6.07, 6.45) is 3.80. The van der Waals surface area contributed by atoms with Gasteiger partial charge in [-0.3, -0.25) is 9.59 Å². The predicted octanol–water partition coefficient (Wildman–Crippen LogP) is 4.56. The Morgan fingerprint density at radius 2 is 1.97 bits per heavy atom. The van der Waals surface area contributed by atoms with E-state index in [0.29, 0.717) is 31.1 Å². The van der Waals surface area contributed by atoms with Crippen molar-refractivity contribution < 1.29 is 14.3 Å². The number of aryl methyl sites for hydroxylation is 1. The van der Waals surface area contributed by atoms with Crippen molar-refractivity contribution in [3.05, 3.63) is 64.7 Å². The Balaban J connectivity index is 1.62. The van der Waals surface area contributed by atoms with E-state index in [2.05, 4.69) is 36.5 Å². The maximum Gasteiger partial charge on any atom is 0.261 e. The molecule has 1 heterocycles. The van der Waals surface area contributed by atoms with Gasteiger partial charge in [0.05, 0.1) is 6.04 Å². The van der Waals surface area contributed by atoms with Gasteiger partial charge in [0.2, 0.25) is 5.91 Å². The van der Waals surface area contributed by atoms with E-state index in [1.165, 1.54) is 24.0 Å². The molecule has 0 radical (unpaired) electrons. The second kappa shape index (κ2) is 9.76. The van der Waals surface area contributed by atoms with Crippen molar-refractivity contribution >= 4 is 11.8 Å². The first-order valence-corrected chi connectivity index (χ1v) is 11.9. The molecule has 5 heteroatoms. The molecule has 1 saturated carbocycles. The minimum absolute atomic E-state index is 0.0462. The van der Waals surface area contributed by atoms with E-state index in [0.717, 1.165) is 24.1 Å². The van der Waals surface area contributed by atoms with Crippen molar-refractivity contribution in [2.75, 3.05) is 13.1 Å². The first-order chi connectivity index (χ1) is 15.5. The summed E-state index contributed by atoms with van der Waals surface area (Å²) < 4.78 is 6.16. The summed E-state index contributed by atoms with van der Waals surface area (Å²) in [5.74, 6) is 1.42. The zero-order valence-corrected chi connectivity index (χ0v) is 19.4. The van der Waals surface area contributed by atoms with Crippen LogP contribution in [-0.4, -0.2) is 35.9 Å². The number of hydrogen-bond donors (Lipinski definition) is 1. The molecule has 1 aliphatic heterocycles. The fourth-order valence-corrected chi connectivity index (χ4v) is 4.51. The van der Waals surface area contributed by atoms with E-state index in [-0.39, 0.29) is 17.9 Å². The minimum atomic E-state index is -0.513. The number of carbonyl (C=O) groups excluding carboxylic acids is 2. The number of rotatable bonds is 8. The molecule has 4 rings (SSSR count). The molecule has 5 nitrogen and oxygen atoms in total. The highest BCUT2D eigenvalue weighted by molar-refractivity contribution is 5.81. The van der Waals surface area contributed by atoms with Crippen LogP contribution in [0.2, 0.25) is 0 Å². The summed E-state index contributed by atoms with van der Waals surface area (Å²) in [6.45, 7) is 7.41. The summed E-state index contributed by atoms with van der Waals surface area (Å²) in [4.78, 5) is 27.4. The standard InChI is InChI=1S/C27H34N2O3/c1-4-24(27(31)28-17-19-9-10-19)32-22-12-11-20-13-14-29(25(30)5-2)26(23(20)16-22)21-8-6-7-18(3)15-21/h6-8,11-12,15-16,19,24,26H,4-5,9-10,13-14,17H2,1-3H3,(H,28,31)/t24-,26-/m0/s1. The zero-order chi connectivity index (χ0) is 22.7. The van der Waals surface area contributed by atoms with Crippen LogP contribution >= 0.6 is 0 Å². The number of benzene rings is 2. The Bertz CT molecular complexity index is 983. The number of amides is 2. The Labute approximate surface area is 191 Å². The van der Waals surface area contributed by atoms with Crippen LogP contribution in [0, 0.1) is 12.8 Å². The summed E-state index contributed by atoms with van der Waals surface area (Å²) in [5, 5.41) is 3.03. The maximum atomic E-state index is 12.8. The molecule has 170 valence electrons. The molecule has 2 aromatic carbocycles. The van der Waals surface area contributed by atoms with Gasteiger partial charge >= 0.3 is 0 Å². The van der Waals surface area contributed by atoms with Crippen molar-refractivity contribution in [2.24, 2.45) is 5.92 Å². The fraction of sp³-hybridized carbons (Fsp3) is 0.481. The third-order valence-electron chi connectivity index (χ3n) is 6.53. The van der Waals surface area contributed by atoms with Gasteiger partial charge in [-0.2, -0.15) is 0 Å². The van der Waals surface area contributed by atoms with E-state index in [9.17, 15) is 9.59 Å². The normalized spacial score (nSPS) is 18.6. The van der Waals surface area contributed by atoms with Crippen LogP contribution in [-0.2, 0) is 16.0 Å². The lowest BCUT2D eigenvalue weighted by molar-refractivity contribution is -0.133. The molecule has 32 heavy (non-hydrogen) atoms. The van der Waals surface area contributed by atoms with Crippen LogP contribution in [0.15, 0.2) is 42.5 Å². The minimum Gasteiger partial charge on any atom is -0.481 e. The molecule has 0 unspecified atom stereocenters. The fourth-order valence-electron chi connectivity index (χ4n) is 4.51. The molecule has 2 aliphatic rings. The largest absolute Gasteiger partial charge is 0.481 e. The monoisotopic (exact) mass is 434 g/mol. The van der Waals surface area contributed by atoms with E-state index in [4.69, 9.17) is 4.74 Å². The lowest BCUT2D eigenvalue weighted by Crippen LogP contribution is -2.40. The second-order valence-electron chi connectivity index (χ2n) is 9.07. The van der Waals surface area contributed by atoms with Gasteiger partial charge in [0.25, 0.3) is 5.91 Å². The molecule has 1 aliphatic carbocycles. The summed E-state index contributed by atoms with van der Waals surface area (Å²) in [7, 11) is 0. The SMILES string of the molecule is CCC(=O)N1CCc2ccc(O[C@@H](CC)C(=O)NCC3CC3)cc2[C@@H]1c1cccc(C)c1. The molecule has 1 fully saturated rings. The van der Waals surface area contributed by atoms with Gasteiger partial charge in [-0.05, 0) is 67.3 Å². The summed E-state index contributed by atoms with van der Waals surface area (Å²) >= 11 is 0. The Kier molecular flexibility index (Phi) is 6.83. The maximum absolute atomic E-state index is 12.8. The second-order valence-corrected chi connectivity index (χ2v) is 9.07. The van der Waals surface area contributed by atoms with Crippen LogP contribution < -0.4 is 10.1 Å². The highest BCUT2D eigenvalue weighted by atomic mass is 16.5. The third-order valence-corrected chi connectivity index (χ3v) is 6.53. The van der Waals surface area contributed by atoms with Crippen LogP contribution in [0.3, 0.4) is 0 Å². The van der Waals surface area contributed by atoms with Crippen molar-refractivity contribution in [1.82, 2.24) is 10.2 Å². The number of nitrogens with one attached hydrogen (secondary N) is 1. The first kappa shape index (κ1) is 22.4. The Hall–Kier alpha value is -2.82. The Morgan fingerprint density at radius 3 is 2.66 bits per heavy atom. The van der Waals surface area contributed by atoms with Crippen molar-refractivity contribution in [3.63, 3.8) is 0 Å². The van der Waals surface area contributed by atoms with E-state index in [1.807, 2.05) is 36.9 Å². The molecule has 0 saturated heterocycles. The van der Waals surface area contributed by atoms with Crippen LogP contribution in [0.4, 0.5) is 0 Å². The molecule has 0 bridgehead atoms. The first-order valence-electron chi connectivity index (χ1n) is 11.9. The van der Waals surface area contributed by atoms with E-state index < -0.39 is 6.10 Å². The molecule has 1 N–H and O–H groups in total. The third kappa shape index (κ3) is 4.98. The molecule has 2 aromatic rings. The van der Waals surface area contributed by atoms with Crippen molar-refractivity contribution in [1.29, 1.82) is 0 Å². The highest BCUT2D eigenvalue weighted by Gasteiger charge is 2.32. The molecule has 0 spiro atoms. The van der Waals surface area contributed by atoms with Gasteiger partial charge in [0, 0.05) is 19.5 Å². The number of ether oxygens (including phenoxy) is 1. The smallest absolute Gasteiger partial charge is 0.261 e. The topological polar surface area (TPSA) is 58.6 Å². The van der Waals surface area contributed by atoms with Gasteiger partial charge in [-0.1, -0.05) is 49.7 Å². The average molecular weight is 435 g/mol. The number of fused-ring (bicyclic) bond motifs is 1. The lowest BCUT2D eigenvalue weighted by Gasteiger charge is -2.38. The van der Waals surface area contributed by atoms with Crippen LogP contribution in [0.5, 0.6) is 5.75 Å². The number of hydrogen-bond acceptors (Lipinski definition) is 3. The van der Waals surface area contributed by atoms with Crippen LogP contribution in [0.1, 0.15) is 67.8 Å². The number of nitrogens with zero attached hydrogens (tertiary/aromatic N) is 1. The quantitative estimate of drug-likeness (QED) is 0.662. The lowest BCUT2D eigenvalue weighted by atomic mass is 9.87. The molecular formula is C27H34N2O3. The van der Waals surface area contributed by atoms with E-state index in [1.54, 1.807) is 0 Å². The van der Waals surface area contributed by atoms with Crippen LogP contribution in [0.25, 0.3) is 0 Å². The van der Waals surface area contributed by atoms with Gasteiger partial charge in [0.1, 0.15) is 5.75 Å². The van der Waals surface area contributed by atoms with Crippen molar-refractivity contribution in [3.8, 4) is 5.75 Å². The predicted molar refractivity (Wildman–Crippen MR) is 126 cm³/mol. The number of carbonyl (C=O) groups is 2. The molecular weight excluding hydrogens is 400 g/mol. The van der Waals surface area contributed by atoms with E-state index >= 15 is 0 Å². The van der Waals surface area contributed by atoms with Gasteiger partial charge in [-0.15, -0.1) is 0 Å². The summed E-state index contributed by atoms with van der Waals surface area (Å²) in [6, 6.07) is 14.3. The highest BCUT2D eigenvalue weighted by Crippen LogP contribution is 2.38. The average Bonchev–Trinajstić information content (AvgIpc) is 3.64.